The normalized spacial score (nSPS) is 13.3. The minimum atomic E-state index is 0.440. The lowest BCUT2D eigenvalue weighted by Gasteiger charge is -2.19. The van der Waals surface area contributed by atoms with E-state index in [0.29, 0.717) is 12.1 Å². The highest BCUT2D eigenvalue weighted by Crippen LogP contribution is 2.18. The molecule has 78 valence electrons. The summed E-state index contributed by atoms with van der Waals surface area (Å²) < 4.78 is 0. The van der Waals surface area contributed by atoms with Crippen LogP contribution in [0.25, 0.3) is 0 Å². The molecule has 0 aromatic heterocycles. The smallest absolute Gasteiger partial charge is 0.0296 e. The summed E-state index contributed by atoms with van der Waals surface area (Å²) in [6, 6.07) is 7.63. The van der Waals surface area contributed by atoms with Crippen LogP contribution in [-0.4, -0.2) is 6.04 Å². The van der Waals surface area contributed by atoms with Crippen LogP contribution in [0.15, 0.2) is 18.2 Å². The molecule has 0 heterocycles. The molecular formula is C13H21N. The van der Waals surface area contributed by atoms with Gasteiger partial charge in [0.2, 0.25) is 0 Å². The lowest BCUT2D eigenvalue weighted by molar-refractivity contribution is 0.504. The van der Waals surface area contributed by atoms with Crippen molar-refractivity contribution in [3.05, 3.63) is 34.9 Å². The second-order valence-corrected chi connectivity index (χ2v) is 4.40. The van der Waals surface area contributed by atoms with E-state index in [1.165, 1.54) is 16.7 Å². The number of benzene rings is 1. The molecule has 1 heteroatoms. The van der Waals surface area contributed by atoms with Crippen molar-refractivity contribution in [1.82, 2.24) is 5.32 Å². The summed E-state index contributed by atoms with van der Waals surface area (Å²) in [5.74, 6) is 0. The van der Waals surface area contributed by atoms with Gasteiger partial charge < -0.3 is 5.32 Å². The molecule has 0 aliphatic carbocycles. The first-order valence-electron chi connectivity index (χ1n) is 5.34. The van der Waals surface area contributed by atoms with Crippen molar-refractivity contribution in [2.75, 3.05) is 0 Å². The fraction of sp³-hybridized carbons (Fsp3) is 0.538. The van der Waals surface area contributed by atoms with Gasteiger partial charge in [0.1, 0.15) is 0 Å². The Hall–Kier alpha value is -0.820. The number of hydrogen-bond acceptors (Lipinski definition) is 1. The Labute approximate surface area is 87.5 Å². The van der Waals surface area contributed by atoms with E-state index in [1.807, 2.05) is 0 Å². The highest BCUT2D eigenvalue weighted by Gasteiger charge is 2.08. The molecule has 1 aromatic carbocycles. The fourth-order valence-electron chi connectivity index (χ4n) is 1.90. The van der Waals surface area contributed by atoms with Crippen molar-refractivity contribution in [3.63, 3.8) is 0 Å². The maximum Gasteiger partial charge on any atom is 0.0296 e. The van der Waals surface area contributed by atoms with E-state index in [0.717, 1.165) is 0 Å². The molecule has 0 aliphatic rings. The molecule has 1 rings (SSSR count). The maximum absolute atomic E-state index is 3.52. The summed E-state index contributed by atoms with van der Waals surface area (Å²) in [6.07, 6.45) is 0. The summed E-state index contributed by atoms with van der Waals surface area (Å²) in [4.78, 5) is 0. The third kappa shape index (κ3) is 2.85. The van der Waals surface area contributed by atoms with Crippen molar-refractivity contribution < 1.29 is 0 Å². The molecule has 1 aromatic rings. The van der Waals surface area contributed by atoms with E-state index in [2.05, 4.69) is 58.1 Å². The van der Waals surface area contributed by atoms with Crippen molar-refractivity contribution in [2.45, 2.75) is 46.7 Å². The SMILES string of the molecule is Cc1ccc([C@H](C)NC(C)C)c(C)c1. The summed E-state index contributed by atoms with van der Waals surface area (Å²) >= 11 is 0. The molecule has 0 unspecified atom stereocenters. The van der Waals surface area contributed by atoms with Gasteiger partial charge >= 0.3 is 0 Å². The molecule has 0 radical (unpaired) electrons. The highest BCUT2D eigenvalue weighted by atomic mass is 14.9. The minimum Gasteiger partial charge on any atom is -0.308 e. The lowest BCUT2D eigenvalue weighted by Crippen LogP contribution is -2.26. The third-order valence-corrected chi connectivity index (χ3v) is 2.48. The van der Waals surface area contributed by atoms with Crippen LogP contribution in [0.5, 0.6) is 0 Å². The van der Waals surface area contributed by atoms with Crippen LogP contribution >= 0.6 is 0 Å². The molecule has 1 atom stereocenters. The van der Waals surface area contributed by atoms with Gasteiger partial charge in [-0.15, -0.1) is 0 Å². The molecule has 14 heavy (non-hydrogen) atoms. The fourth-order valence-corrected chi connectivity index (χ4v) is 1.90. The monoisotopic (exact) mass is 191 g/mol. The van der Waals surface area contributed by atoms with Gasteiger partial charge in [0, 0.05) is 12.1 Å². The first-order valence-corrected chi connectivity index (χ1v) is 5.34. The average Bonchev–Trinajstić information content (AvgIpc) is 2.01. The van der Waals surface area contributed by atoms with E-state index >= 15 is 0 Å². The van der Waals surface area contributed by atoms with Crippen molar-refractivity contribution >= 4 is 0 Å². The zero-order valence-electron chi connectivity index (χ0n) is 9.89. The van der Waals surface area contributed by atoms with Gasteiger partial charge in [-0.05, 0) is 31.9 Å². The molecule has 0 saturated heterocycles. The van der Waals surface area contributed by atoms with Crippen LogP contribution in [0.4, 0.5) is 0 Å². The van der Waals surface area contributed by atoms with Crippen LogP contribution < -0.4 is 5.32 Å². The highest BCUT2D eigenvalue weighted by molar-refractivity contribution is 5.32. The van der Waals surface area contributed by atoms with Crippen LogP contribution in [0, 0.1) is 13.8 Å². The van der Waals surface area contributed by atoms with Crippen LogP contribution in [0.2, 0.25) is 0 Å². The van der Waals surface area contributed by atoms with Crippen molar-refractivity contribution in [3.8, 4) is 0 Å². The van der Waals surface area contributed by atoms with Crippen molar-refractivity contribution in [1.29, 1.82) is 0 Å². The van der Waals surface area contributed by atoms with Gasteiger partial charge in [0.25, 0.3) is 0 Å². The Morgan fingerprint density at radius 3 is 2.21 bits per heavy atom. The second-order valence-electron chi connectivity index (χ2n) is 4.40. The summed E-state index contributed by atoms with van der Waals surface area (Å²) in [5, 5.41) is 3.52. The van der Waals surface area contributed by atoms with Crippen LogP contribution in [-0.2, 0) is 0 Å². The molecule has 0 amide bonds. The quantitative estimate of drug-likeness (QED) is 0.772. The second kappa shape index (κ2) is 4.61. The van der Waals surface area contributed by atoms with Gasteiger partial charge in [-0.25, -0.2) is 0 Å². The van der Waals surface area contributed by atoms with E-state index in [-0.39, 0.29) is 0 Å². The summed E-state index contributed by atoms with van der Waals surface area (Å²) in [6.45, 7) is 10.9. The third-order valence-electron chi connectivity index (χ3n) is 2.48. The Balaban J connectivity index is 2.84. The minimum absolute atomic E-state index is 0.440. The number of hydrogen-bond donors (Lipinski definition) is 1. The van der Waals surface area contributed by atoms with Crippen LogP contribution in [0.3, 0.4) is 0 Å². The molecule has 1 nitrogen and oxygen atoms in total. The Morgan fingerprint density at radius 1 is 1.07 bits per heavy atom. The maximum atomic E-state index is 3.52. The predicted molar refractivity (Wildman–Crippen MR) is 62.6 cm³/mol. The van der Waals surface area contributed by atoms with E-state index in [9.17, 15) is 0 Å². The Morgan fingerprint density at radius 2 is 1.71 bits per heavy atom. The molecule has 0 fully saturated rings. The molecule has 0 aliphatic heterocycles. The molecule has 0 spiro atoms. The lowest BCUT2D eigenvalue weighted by atomic mass is 10.00. The Kier molecular flexibility index (Phi) is 3.70. The topological polar surface area (TPSA) is 12.0 Å². The molecular weight excluding hydrogens is 170 g/mol. The van der Waals surface area contributed by atoms with Gasteiger partial charge in [0.05, 0.1) is 0 Å². The molecule has 1 N–H and O–H groups in total. The number of nitrogens with one attached hydrogen (secondary N) is 1. The van der Waals surface area contributed by atoms with Crippen LogP contribution in [0.1, 0.15) is 43.5 Å². The van der Waals surface area contributed by atoms with Gasteiger partial charge in [0.15, 0.2) is 0 Å². The zero-order valence-corrected chi connectivity index (χ0v) is 9.89. The molecule has 0 saturated carbocycles. The standard InChI is InChI=1S/C13H21N/c1-9(2)14-12(5)13-7-6-10(3)8-11(13)4/h6-9,12,14H,1-5H3/t12-/m0/s1. The summed E-state index contributed by atoms with van der Waals surface area (Å²) in [5.41, 5.74) is 4.12. The number of aryl methyl sites for hydroxylation is 2. The zero-order chi connectivity index (χ0) is 10.7. The van der Waals surface area contributed by atoms with E-state index in [1.54, 1.807) is 0 Å². The molecule has 0 bridgehead atoms. The van der Waals surface area contributed by atoms with Gasteiger partial charge in [-0.1, -0.05) is 37.6 Å². The van der Waals surface area contributed by atoms with Crippen molar-refractivity contribution in [2.24, 2.45) is 0 Å². The van der Waals surface area contributed by atoms with Gasteiger partial charge in [-0.2, -0.15) is 0 Å². The average molecular weight is 191 g/mol. The number of rotatable bonds is 3. The van der Waals surface area contributed by atoms with Gasteiger partial charge in [-0.3, -0.25) is 0 Å². The largest absolute Gasteiger partial charge is 0.308 e. The Bertz CT molecular complexity index is 302. The van der Waals surface area contributed by atoms with E-state index < -0.39 is 0 Å². The predicted octanol–water partition coefficient (Wildman–Crippen LogP) is 3.36. The summed E-state index contributed by atoms with van der Waals surface area (Å²) in [7, 11) is 0. The first-order chi connectivity index (χ1) is 6.50. The van der Waals surface area contributed by atoms with E-state index in [4.69, 9.17) is 0 Å². The first kappa shape index (κ1) is 11.3.